The highest BCUT2D eigenvalue weighted by atomic mass is 16.5. The quantitative estimate of drug-likeness (QED) is 0.639. The van der Waals surface area contributed by atoms with Gasteiger partial charge in [-0.15, -0.1) is 0 Å². The molecule has 1 aliphatic heterocycles. The zero-order valence-electron chi connectivity index (χ0n) is 18.3. The Morgan fingerprint density at radius 1 is 1.13 bits per heavy atom. The lowest BCUT2D eigenvalue weighted by atomic mass is 9.89. The van der Waals surface area contributed by atoms with Crippen LogP contribution in [0.25, 0.3) is 11.3 Å². The van der Waals surface area contributed by atoms with Gasteiger partial charge in [0.25, 0.3) is 5.91 Å². The fraction of sp³-hybridized carbons (Fsp3) is 0.391. The van der Waals surface area contributed by atoms with Crippen LogP contribution in [0.15, 0.2) is 30.3 Å². The molecule has 0 radical (unpaired) electrons. The number of nitrogens with one attached hydrogen (secondary N) is 1. The maximum Gasteiger partial charge on any atom is 0.271 e. The van der Waals surface area contributed by atoms with Crippen LogP contribution in [0.3, 0.4) is 0 Å². The molecule has 0 atom stereocenters. The first-order valence-electron chi connectivity index (χ1n) is 10.4. The Morgan fingerprint density at radius 3 is 2.39 bits per heavy atom. The molecule has 0 bridgehead atoms. The number of ether oxygens (including phenoxy) is 1. The minimum absolute atomic E-state index is 0.0736. The second-order valence-electron chi connectivity index (χ2n) is 8.00. The maximum atomic E-state index is 13.0. The van der Waals surface area contributed by atoms with E-state index in [2.05, 4.69) is 15.3 Å². The van der Waals surface area contributed by atoms with Crippen molar-refractivity contribution in [2.24, 2.45) is 13.0 Å². The van der Waals surface area contributed by atoms with E-state index in [4.69, 9.17) is 4.74 Å². The van der Waals surface area contributed by atoms with Crippen LogP contribution in [-0.2, 0) is 7.05 Å². The van der Waals surface area contributed by atoms with Gasteiger partial charge in [-0.1, -0.05) is 0 Å². The van der Waals surface area contributed by atoms with Crippen LogP contribution in [0.1, 0.15) is 45.1 Å². The molecule has 31 heavy (non-hydrogen) atoms. The molecule has 1 aliphatic rings. The van der Waals surface area contributed by atoms with E-state index in [1.165, 1.54) is 0 Å². The van der Waals surface area contributed by atoms with Crippen molar-refractivity contribution in [3.05, 3.63) is 53.0 Å². The highest BCUT2D eigenvalue weighted by Gasteiger charge is 2.29. The average molecular weight is 422 g/mol. The number of carbonyl (C=O) groups excluding carboxylic acids is 2. The monoisotopic (exact) mass is 421 g/mol. The Kier molecular flexibility index (Phi) is 5.63. The van der Waals surface area contributed by atoms with E-state index in [0.29, 0.717) is 37.2 Å². The van der Waals surface area contributed by atoms with E-state index in [-0.39, 0.29) is 17.6 Å². The molecule has 162 valence electrons. The molecule has 3 aromatic rings. The van der Waals surface area contributed by atoms with Crippen LogP contribution in [0.5, 0.6) is 5.75 Å². The van der Waals surface area contributed by atoms with Crippen LogP contribution in [0, 0.1) is 19.8 Å². The number of rotatable bonds is 5. The summed E-state index contributed by atoms with van der Waals surface area (Å²) in [6.07, 6.45) is 1.30. The SMILES string of the molecule is COc1ccc(C(=O)C2CCN(C(=O)c3cc(-c4c(C)nn(C)c4C)n[nH]3)CC2)cc1. The number of ketones is 1. The summed E-state index contributed by atoms with van der Waals surface area (Å²) in [6, 6.07) is 8.98. The minimum atomic E-state index is -0.0895. The Labute approximate surface area is 181 Å². The van der Waals surface area contributed by atoms with Crippen molar-refractivity contribution in [1.29, 1.82) is 0 Å². The summed E-state index contributed by atoms with van der Waals surface area (Å²) in [4.78, 5) is 27.6. The Balaban J connectivity index is 1.40. The topological polar surface area (TPSA) is 93.1 Å². The summed E-state index contributed by atoms with van der Waals surface area (Å²) < 4.78 is 6.96. The first kappa shape index (κ1) is 20.8. The third kappa shape index (κ3) is 3.97. The number of benzene rings is 1. The first-order chi connectivity index (χ1) is 14.9. The summed E-state index contributed by atoms with van der Waals surface area (Å²) in [5, 5.41) is 11.6. The van der Waals surface area contributed by atoms with Crippen LogP contribution < -0.4 is 4.74 Å². The predicted molar refractivity (Wildman–Crippen MR) is 116 cm³/mol. The molecule has 1 amide bonds. The van der Waals surface area contributed by atoms with E-state index in [9.17, 15) is 9.59 Å². The fourth-order valence-corrected chi connectivity index (χ4v) is 4.21. The zero-order valence-corrected chi connectivity index (χ0v) is 18.3. The standard InChI is InChI=1S/C23H27N5O3/c1-14-21(15(2)27(3)26-14)19-13-20(25-24-19)23(30)28-11-9-17(10-12-28)22(29)16-5-7-18(31-4)8-6-16/h5-8,13,17H,9-12H2,1-4H3,(H,24,25). The summed E-state index contributed by atoms with van der Waals surface area (Å²) >= 11 is 0. The largest absolute Gasteiger partial charge is 0.497 e. The second kappa shape index (κ2) is 8.37. The lowest BCUT2D eigenvalue weighted by Gasteiger charge is -2.31. The number of hydrogen-bond acceptors (Lipinski definition) is 5. The Morgan fingerprint density at radius 2 is 1.81 bits per heavy atom. The number of aromatic amines is 1. The molecule has 0 aliphatic carbocycles. The van der Waals surface area contributed by atoms with Crippen LogP contribution in [0.2, 0.25) is 0 Å². The van der Waals surface area contributed by atoms with E-state index in [0.717, 1.165) is 28.4 Å². The molecule has 8 heteroatoms. The molecule has 3 heterocycles. The Hall–Kier alpha value is -3.42. The smallest absolute Gasteiger partial charge is 0.271 e. The van der Waals surface area contributed by atoms with Gasteiger partial charge >= 0.3 is 0 Å². The third-order valence-corrected chi connectivity index (χ3v) is 6.10. The number of H-pyrrole nitrogens is 1. The van der Waals surface area contributed by atoms with E-state index in [1.807, 2.05) is 25.6 Å². The summed E-state index contributed by atoms with van der Waals surface area (Å²) in [5.41, 5.74) is 4.69. The molecule has 1 N–H and O–H groups in total. The van der Waals surface area contributed by atoms with Gasteiger partial charge in [-0.05, 0) is 57.0 Å². The van der Waals surface area contributed by atoms with Gasteiger partial charge in [0.1, 0.15) is 11.4 Å². The molecule has 0 spiro atoms. The highest BCUT2D eigenvalue weighted by Crippen LogP contribution is 2.27. The molecule has 0 unspecified atom stereocenters. The van der Waals surface area contributed by atoms with Gasteiger partial charge in [0, 0.05) is 42.9 Å². The van der Waals surface area contributed by atoms with Crippen molar-refractivity contribution in [2.75, 3.05) is 20.2 Å². The Bertz CT molecular complexity index is 1100. The molecule has 8 nitrogen and oxygen atoms in total. The van der Waals surface area contributed by atoms with Crippen molar-refractivity contribution < 1.29 is 14.3 Å². The van der Waals surface area contributed by atoms with Crippen LogP contribution in [0.4, 0.5) is 0 Å². The third-order valence-electron chi connectivity index (χ3n) is 6.10. The molecule has 1 aromatic carbocycles. The lowest BCUT2D eigenvalue weighted by molar-refractivity contribution is 0.0645. The fourth-order valence-electron chi connectivity index (χ4n) is 4.21. The molecule has 1 fully saturated rings. The van der Waals surface area contributed by atoms with Gasteiger partial charge in [0.15, 0.2) is 5.78 Å². The van der Waals surface area contributed by atoms with Gasteiger partial charge < -0.3 is 9.64 Å². The molecular formula is C23H27N5O3. The van der Waals surface area contributed by atoms with E-state index < -0.39 is 0 Å². The summed E-state index contributed by atoms with van der Waals surface area (Å²) in [5.74, 6) is 0.692. The number of piperidine rings is 1. The van der Waals surface area contributed by atoms with E-state index >= 15 is 0 Å². The molecular weight excluding hydrogens is 394 g/mol. The molecule has 2 aromatic heterocycles. The normalized spacial score (nSPS) is 14.6. The van der Waals surface area contributed by atoms with Gasteiger partial charge in [-0.25, -0.2) is 0 Å². The van der Waals surface area contributed by atoms with Crippen molar-refractivity contribution in [2.45, 2.75) is 26.7 Å². The number of aryl methyl sites for hydroxylation is 2. The number of amides is 1. The number of Topliss-reactive ketones (excluding diaryl/α,β-unsaturated/α-hetero) is 1. The number of methoxy groups -OCH3 is 1. The van der Waals surface area contributed by atoms with Crippen LogP contribution in [-0.4, -0.2) is 56.8 Å². The molecule has 0 saturated carbocycles. The van der Waals surface area contributed by atoms with Crippen molar-refractivity contribution in [3.8, 4) is 17.0 Å². The van der Waals surface area contributed by atoms with Gasteiger partial charge in [0.2, 0.25) is 0 Å². The zero-order chi connectivity index (χ0) is 22.1. The van der Waals surface area contributed by atoms with Crippen LogP contribution >= 0.6 is 0 Å². The summed E-state index contributed by atoms with van der Waals surface area (Å²) in [7, 11) is 3.49. The van der Waals surface area contributed by atoms with Gasteiger partial charge in [0.05, 0.1) is 18.5 Å². The number of aromatic nitrogens is 4. The highest BCUT2D eigenvalue weighted by molar-refractivity contribution is 5.98. The van der Waals surface area contributed by atoms with Gasteiger partial charge in [-0.2, -0.15) is 10.2 Å². The van der Waals surface area contributed by atoms with E-state index in [1.54, 1.807) is 42.3 Å². The average Bonchev–Trinajstić information content (AvgIpc) is 3.37. The number of nitrogens with zero attached hydrogens (tertiary/aromatic N) is 4. The predicted octanol–water partition coefficient (Wildman–Crippen LogP) is 3.17. The van der Waals surface area contributed by atoms with Crippen molar-refractivity contribution in [3.63, 3.8) is 0 Å². The second-order valence-corrected chi connectivity index (χ2v) is 8.00. The van der Waals surface area contributed by atoms with Crippen molar-refractivity contribution >= 4 is 11.7 Å². The van der Waals surface area contributed by atoms with Crippen molar-refractivity contribution in [1.82, 2.24) is 24.9 Å². The number of likely N-dealkylation sites (tertiary alicyclic amines) is 1. The molecule has 4 rings (SSSR count). The molecule has 1 saturated heterocycles. The number of carbonyl (C=O) groups is 2. The lowest BCUT2D eigenvalue weighted by Crippen LogP contribution is -2.40. The summed E-state index contributed by atoms with van der Waals surface area (Å²) in [6.45, 7) is 5.01. The minimum Gasteiger partial charge on any atom is -0.497 e. The number of hydrogen-bond donors (Lipinski definition) is 1. The maximum absolute atomic E-state index is 13.0. The first-order valence-corrected chi connectivity index (χ1v) is 10.4. The van der Waals surface area contributed by atoms with Gasteiger partial charge in [-0.3, -0.25) is 19.4 Å².